The molecular weight excluding hydrogens is 677 g/mol. The molecule has 2 aliphatic heterocycles. The summed E-state index contributed by atoms with van der Waals surface area (Å²) < 4.78 is 0. The average molecular weight is 722 g/mol. The summed E-state index contributed by atoms with van der Waals surface area (Å²) >= 11 is 0. The van der Waals surface area contributed by atoms with Gasteiger partial charge in [0.15, 0.2) is 0 Å². The van der Waals surface area contributed by atoms with Gasteiger partial charge in [-0.1, -0.05) is 97.1 Å². The lowest BCUT2D eigenvalue weighted by molar-refractivity contribution is -0.00514. The van der Waals surface area contributed by atoms with Gasteiger partial charge in [-0.05, 0) is 163 Å². The first-order chi connectivity index (χ1) is 27.7. The van der Waals surface area contributed by atoms with Crippen LogP contribution in [0.2, 0.25) is 0 Å². The van der Waals surface area contributed by atoms with Crippen LogP contribution in [0.3, 0.4) is 0 Å². The van der Waals surface area contributed by atoms with Crippen LogP contribution in [0, 0.1) is 17.8 Å². The molecule has 3 nitrogen and oxygen atoms in total. The van der Waals surface area contributed by atoms with Gasteiger partial charge in [0.25, 0.3) is 6.71 Å². The van der Waals surface area contributed by atoms with Gasteiger partial charge in [0, 0.05) is 51.2 Å². The summed E-state index contributed by atoms with van der Waals surface area (Å²) in [5.74, 6) is 2.59. The van der Waals surface area contributed by atoms with Crippen molar-refractivity contribution in [3.05, 3.63) is 181 Å². The molecule has 6 aliphatic rings. The van der Waals surface area contributed by atoms with E-state index in [1.807, 2.05) is 0 Å². The highest BCUT2D eigenvalue weighted by Crippen LogP contribution is 2.62. The molecule has 4 aliphatic carbocycles. The van der Waals surface area contributed by atoms with Crippen LogP contribution in [0.5, 0.6) is 0 Å². The lowest BCUT2D eigenvalue weighted by Crippen LogP contribution is -2.61. The van der Waals surface area contributed by atoms with Crippen LogP contribution in [0.25, 0.3) is 0 Å². The van der Waals surface area contributed by atoms with E-state index in [0.717, 1.165) is 34.8 Å². The van der Waals surface area contributed by atoms with Gasteiger partial charge in [-0.25, -0.2) is 0 Å². The van der Waals surface area contributed by atoms with Crippen molar-refractivity contribution in [1.29, 1.82) is 0 Å². The first kappa shape index (κ1) is 32.3. The zero-order valence-electron chi connectivity index (χ0n) is 31.6. The summed E-state index contributed by atoms with van der Waals surface area (Å²) in [5, 5.41) is 0. The third kappa shape index (κ3) is 4.91. The predicted molar refractivity (Wildman–Crippen MR) is 235 cm³/mol. The fraction of sp³-hybridized carbons (Fsp3) is 0.192. The number of nitrogens with zero attached hydrogens (tertiary/aromatic N) is 3. The Bertz CT molecular complexity index is 2530. The Morgan fingerprint density at radius 3 is 1.43 bits per heavy atom. The van der Waals surface area contributed by atoms with Crippen LogP contribution < -0.4 is 31.1 Å². The SMILES string of the molecule is c1ccc(N(c2ccccc2)c2cccc(N3c4ccccc4B4c5ccccc5N(c5ccccc5)c5cc(C67CC8CC(CC(C8)C6)C7)cc3c54)c2)cc1. The van der Waals surface area contributed by atoms with E-state index in [1.54, 1.807) is 5.56 Å². The van der Waals surface area contributed by atoms with Gasteiger partial charge in [-0.3, -0.25) is 0 Å². The summed E-state index contributed by atoms with van der Waals surface area (Å²) in [5.41, 5.74) is 17.0. The lowest BCUT2D eigenvalue weighted by Gasteiger charge is -2.57. The molecule has 0 spiro atoms. The first-order valence-electron chi connectivity index (χ1n) is 20.7. The number of para-hydroxylation sites is 5. The second kappa shape index (κ2) is 12.5. The van der Waals surface area contributed by atoms with Crippen LogP contribution in [-0.2, 0) is 5.41 Å². The number of hydrogen-bond donors (Lipinski definition) is 0. The van der Waals surface area contributed by atoms with Crippen LogP contribution in [-0.4, -0.2) is 6.71 Å². The first-order valence-corrected chi connectivity index (χ1v) is 20.7. The molecule has 0 N–H and O–H groups in total. The second-order valence-corrected chi connectivity index (χ2v) is 17.2. The summed E-state index contributed by atoms with van der Waals surface area (Å²) in [7, 11) is 0. The normalized spacial score (nSPS) is 22.4. The van der Waals surface area contributed by atoms with Crippen LogP contribution in [0.1, 0.15) is 44.1 Å². The van der Waals surface area contributed by atoms with Gasteiger partial charge >= 0.3 is 0 Å². The van der Waals surface area contributed by atoms with Crippen LogP contribution in [0.15, 0.2) is 176 Å². The van der Waals surface area contributed by atoms with Gasteiger partial charge in [-0.15, -0.1) is 0 Å². The van der Waals surface area contributed by atoms with E-state index in [2.05, 4.69) is 191 Å². The van der Waals surface area contributed by atoms with Crippen LogP contribution in [0.4, 0.5) is 51.2 Å². The van der Waals surface area contributed by atoms with E-state index < -0.39 is 0 Å². The third-order valence-corrected chi connectivity index (χ3v) is 13.9. The maximum Gasteiger partial charge on any atom is 0.252 e. The molecule has 4 bridgehead atoms. The molecule has 0 aromatic heterocycles. The number of hydrogen-bond acceptors (Lipinski definition) is 3. The molecule has 13 rings (SSSR count). The van der Waals surface area contributed by atoms with Gasteiger partial charge < -0.3 is 14.7 Å². The number of anilines is 9. The minimum Gasteiger partial charge on any atom is -0.311 e. The molecule has 4 fully saturated rings. The van der Waals surface area contributed by atoms with E-state index in [9.17, 15) is 0 Å². The maximum atomic E-state index is 2.67. The fourth-order valence-corrected chi connectivity index (χ4v) is 12.2. The van der Waals surface area contributed by atoms with Gasteiger partial charge in [-0.2, -0.15) is 0 Å². The molecule has 0 unspecified atom stereocenters. The van der Waals surface area contributed by atoms with Crippen molar-refractivity contribution in [3.63, 3.8) is 0 Å². The minimum absolute atomic E-state index is 0.127. The van der Waals surface area contributed by atoms with E-state index >= 15 is 0 Å². The number of rotatable bonds is 6. The Balaban J connectivity index is 1.12. The lowest BCUT2D eigenvalue weighted by atomic mass is 9.33. The standard InChI is InChI=1S/C52H44BN3/c1-4-15-40(16-5-1)54(41-17-6-2-7-18-41)43-21-14-22-44(32-43)56-48-26-13-11-24-46(48)53-45-23-10-12-25-47(45)55(42-19-8-3-9-20-42)49-30-39(31-50(56)51(49)53)52-33-36-27-37(34-52)29-38(28-36)35-52/h1-26,30-32,36-38H,27-29,33-35H2. The van der Waals surface area contributed by atoms with Crippen molar-refractivity contribution >= 4 is 74.3 Å². The molecule has 0 radical (unpaired) electrons. The zero-order valence-corrected chi connectivity index (χ0v) is 31.6. The van der Waals surface area contributed by atoms with E-state index in [-0.39, 0.29) is 12.1 Å². The largest absolute Gasteiger partial charge is 0.311 e. The highest BCUT2D eigenvalue weighted by Gasteiger charge is 2.53. The zero-order chi connectivity index (χ0) is 36.8. The quantitative estimate of drug-likeness (QED) is 0.158. The van der Waals surface area contributed by atoms with Gasteiger partial charge in [0.2, 0.25) is 0 Å². The Morgan fingerprint density at radius 2 is 0.875 bits per heavy atom. The minimum atomic E-state index is 0.127. The Kier molecular flexibility index (Phi) is 7.21. The Morgan fingerprint density at radius 1 is 0.429 bits per heavy atom. The van der Waals surface area contributed by atoms with Crippen molar-refractivity contribution in [2.45, 2.75) is 43.9 Å². The molecule has 56 heavy (non-hydrogen) atoms. The summed E-state index contributed by atoms with van der Waals surface area (Å²) in [4.78, 5) is 7.59. The molecule has 4 heteroatoms. The molecule has 2 heterocycles. The van der Waals surface area contributed by atoms with Crippen molar-refractivity contribution < 1.29 is 0 Å². The molecule has 7 aromatic rings. The molecular formula is C52H44BN3. The van der Waals surface area contributed by atoms with Gasteiger partial charge in [0.05, 0.1) is 0 Å². The number of benzene rings is 7. The maximum absolute atomic E-state index is 2.67. The predicted octanol–water partition coefficient (Wildman–Crippen LogP) is 11.7. The Hall–Kier alpha value is -6.00. The topological polar surface area (TPSA) is 9.72 Å². The highest BCUT2D eigenvalue weighted by molar-refractivity contribution is 7.00. The Labute approximate surface area is 330 Å². The second-order valence-electron chi connectivity index (χ2n) is 17.2. The molecule has 0 saturated heterocycles. The van der Waals surface area contributed by atoms with Crippen molar-refractivity contribution in [2.24, 2.45) is 17.8 Å². The third-order valence-electron chi connectivity index (χ3n) is 13.9. The fourth-order valence-electron chi connectivity index (χ4n) is 12.2. The molecule has 7 aromatic carbocycles. The van der Waals surface area contributed by atoms with Crippen molar-refractivity contribution in [2.75, 3.05) is 14.7 Å². The van der Waals surface area contributed by atoms with E-state index in [4.69, 9.17) is 0 Å². The smallest absolute Gasteiger partial charge is 0.252 e. The van der Waals surface area contributed by atoms with E-state index in [1.165, 1.54) is 89.0 Å². The van der Waals surface area contributed by atoms with E-state index in [0.29, 0.717) is 0 Å². The van der Waals surface area contributed by atoms with Crippen molar-refractivity contribution in [1.82, 2.24) is 0 Å². The summed E-state index contributed by atoms with van der Waals surface area (Å²) in [6, 6.07) is 65.7. The molecule has 4 saturated carbocycles. The molecule has 0 atom stereocenters. The highest BCUT2D eigenvalue weighted by atomic mass is 15.2. The number of fused-ring (bicyclic) bond motifs is 4. The monoisotopic (exact) mass is 721 g/mol. The molecule has 270 valence electrons. The van der Waals surface area contributed by atoms with Gasteiger partial charge in [0.1, 0.15) is 0 Å². The summed E-state index contributed by atoms with van der Waals surface area (Å²) in [6.45, 7) is 0.127. The average Bonchev–Trinajstić information content (AvgIpc) is 3.24. The van der Waals surface area contributed by atoms with Crippen LogP contribution >= 0.6 is 0 Å². The molecule has 0 amide bonds. The van der Waals surface area contributed by atoms with Crippen molar-refractivity contribution in [3.8, 4) is 0 Å². The summed E-state index contributed by atoms with van der Waals surface area (Å²) in [6.07, 6.45) is 8.31.